The first-order chi connectivity index (χ1) is 14.9. The Balaban J connectivity index is 1.37. The molecule has 2 aromatic carbocycles. The van der Waals surface area contributed by atoms with Crippen molar-refractivity contribution >= 4 is 40.2 Å². The minimum Gasteiger partial charge on any atom is -0.308 e. The lowest BCUT2D eigenvalue weighted by Crippen LogP contribution is -2.19. The highest BCUT2D eigenvalue weighted by Crippen LogP contribution is 2.30. The van der Waals surface area contributed by atoms with Crippen LogP contribution >= 0.6 is 11.8 Å². The number of anilines is 2. The van der Waals surface area contributed by atoms with E-state index in [1.54, 1.807) is 18.3 Å². The van der Waals surface area contributed by atoms with E-state index in [4.69, 9.17) is 0 Å². The second-order valence-electron chi connectivity index (χ2n) is 6.45. The number of nitrogens with zero attached hydrogens (tertiary/aromatic N) is 3. The second kappa shape index (κ2) is 8.64. The normalized spacial score (nSPS) is 11.5. The van der Waals surface area contributed by atoms with Crippen molar-refractivity contribution in [2.24, 2.45) is 0 Å². The predicted octanol–water partition coefficient (Wildman–Crippen LogP) is 5.31. The van der Waals surface area contributed by atoms with E-state index >= 15 is 0 Å². The van der Waals surface area contributed by atoms with Gasteiger partial charge in [0.25, 0.3) is 0 Å². The molecule has 0 saturated heterocycles. The van der Waals surface area contributed by atoms with Crippen LogP contribution in [0.2, 0.25) is 0 Å². The number of fused-ring (bicyclic) bond motifs is 1. The highest BCUT2D eigenvalue weighted by molar-refractivity contribution is 7.98. The quantitative estimate of drug-likeness (QED) is 0.286. The number of amides is 2. The fourth-order valence-corrected chi connectivity index (χ4v) is 3.69. The molecule has 4 rings (SSSR count). The molecule has 2 amide bonds. The number of aromatic amines is 1. The zero-order chi connectivity index (χ0) is 21.8. The van der Waals surface area contributed by atoms with Crippen LogP contribution in [0, 0.1) is 0 Å². The average molecular weight is 444 g/mol. The Bertz CT molecular complexity index is 1210. The van der Waals surface area contributed by atoms with E-state index < -0.39 is 17.8 Å². The molecule has 0 saturated carbocycles. The van der Waals surface area contributed by atoms with E-state index in [0.29, 0.717) is 17.1 Å². The Morgan fingerprint density at radius 2 is 1.81 bits per heavy atom. The van der Waals surface area contributed by atoms with Gasteiger partial charge in [0, 0.05) is 17.1 Å². The smallest absolute Gasteiger partial charge is 0.308 e. The molecule has 0 aliphatic rings. The standard InChI is InChI=1S/C20H15F3N6OS/c21-20(22,23)13-4-6-14(7-5-13)27-19(30)28-15-3-1-2-12(8-15)10-31-18-16-9-26-29-17(16)24-11-25-18/h1-9,11H,10H2,(H2,27,28,30)(H,24,25,26,29). The largest absolute Gasteiger partial charge is 0.416 e. The Hall–Kier alpha value is -3.60. The van der Waals surface area contributed by atoms with E-state index in [1.165, 1.54) is 30.2 Å². The molecule has 0 atom stereocenters. The number of hydrogen-bond donors (Lipinski definition) is 3. The summed E-state index contributed by atoms with van der Waals surface area (Å²) in [5, 5.41) is 13.6. The molecule has 0 bridgehead atoms. The van der Waals surface area contributed by atoms with Gasteiger partial charge in [-0.15, -0.1) is 11.8 Å². The van der Waals surface area contributed by atoms with Crippen LogP contribution in [0.1, 0.15) is 11.1 Å². The van der Waals surface area contributed by atoms with Crippen LogP contribution in [0.15, 0.2) is 66.1 Å². The molecular formula is C20H15F3N6OS. The molecule has 158 valence electrons. The molecule has 31 heavy (non-hydrogen) atoms. The topological polar surface area (TPSA) is 95.6 Å². The van der Waals surface area contributed by atoms with Crippen molar-refractivity contribution in [3.05, 3.63) is 72.2 Å². The number of carbonyl (C=O) groups is 1. The molecule has 0 radical (unpaired) electrons. The van der Waals surface area contributed by atoms with Gasteiger partial charge < -0.3 is 10.6 Å². The maximum absolute atomic E-state index is 12.6. The molecule has 0 aliphatic heterocycles. The van der Waals surface area contributed by atoms with E-state index in [0.717, 1.165) is 28.1 Å². The summed E-state index contributed by atoms with van der Waals surface area (Å²) >= 11 is 1.51. The molecule has 0 aliphatic carbocycles. The molecule has 2 aromatic heterocycles. The summed E-state index contributed by atoms with van der Waals surface area (Å²) in [5.41, 5.74) is 1.64. The third kappa shape index (κ3) is 5.12. The number of carbonyl (C=O) groups excluding carboxylic acids is 1. The van der Waals surface area contributed by atoms with Gasteiger partial charge in [0.15, 0.2) is 5.65 Å². The van der Waals surface area contributed by atoms with Gasteiger partial charge in [-0.05, 0) is 42.0 Å². The molecule has 0 spiro atoms. The zero-order valence-corrected chi connectivity index (χ0v) is 16.6. The van der Waals surface area contributed by atoms with E-state index in [1.807, 2.05) is 12.1 Å². The van der Waals surface area contributed by atoms with Gasteiger partial charge in [0.2, 0.25) is 0 Å². The van der Waals surface area contributed by atoms with E-state index in [-0.39, 0.29) is 5.69 Å². The Kier molecular flexibility index (Phi) is 5.76. The number of halogens is 3. The van der Waals surface area contributed by atoms with Crippen molar-refractivity contribution in [1.82, 2.24) is 20.2 Å². The Morgan fingerprint density at radius 1 is 1.03 bits per heavy atom. The van der Waals surface area contributed by atoms with Crippen LogP contribution in [0.5, 0.6) is 0 Å². The highest BCUT2D eigenvalue weighted by atomic mass is 32.2. The van der Waals surface area contributed by atoms with Crippen LogP contribution in [-0.4, -0.2) is 26.2 Å². The van der Waals surface area contributed by atoms with Crippen molar-refractivity contribution in [2.45, 2.75) is 17.0 Å². The third-order valence-electron chi connectivity index (χ3n) is 4.24. The Labute approximate surface area is 178 Å². The molecule has 4 aromatic rings. The summed E-state index contributed by atoms with van der Waals surface area (Å²) in [6, 6.07) is 10.9. The van der Waals surface area contributed by atoms with Gasteiger partial charge in [-0.2, -0.15) is 18.3 Å². The first-order valence-corrected chi connectivity index (χ1v) is 9.98. The number of rotatable bonds is 5. The van der Waals surface area contributed by atoms with Gasteiger partial charge in [0.05, 0.1) is 17.1 Å². The monoisotopic (exact) mass is 444 g/mol. The molecule has 0 fully saturated rings. The summed E-state index contributed by atoms with van der Waals surface area (Å²) in [6.07, 6.45) is -1.29. The number of H-pyrrole nitrogens is 1. The Morgan fingerprint density at radius 3 is 2.58 bits per heavy atom. The van der Waals surface area contributed by atoms with Crippen molar-refractivity contribution in [3.8, 4) is 0 Å². The number of thioether (sulfide) groups is 1. The van der Waals surface area contributed by atoms with Gasteiger partial charge in [-0.25, -0.2) is 14.8 Å². The maximum Gasteiger partial charge on any atom is 0.416 e. The number of hydrogen-bond acceptors (Lipinski definition) is 5. The van der Waals surface area contributed by atoms with Crippen molar-refractivity contribution in [1.29, 1.82) is 0 Å². The molecule has 0 unspecified atom stereocenters. The molecule has 11 heteroatoms. The SMILES string of the molecule is O=C(Nc1ccc(C(F)(F)F)cc1)Nc1cccc(CSc2ncnc3[nH]ncc23)c1. The van der Waals surface area contributed by atoms with E-state index in [2.05, 4.69) is 30.8 Å². The van der Waals surface area contributed by atoms with Crippen LogP contribution < -0.4 is 10.6 Å². The van der Waals surface area contributed by atoms with Crippen molar-refractivity contribution in [3.63, 3.8) is 0 Å². The summed E-state index contributed by atoms with van der Waals surface area (Å²) in [7, 11) is 0. The predicted molar refractivity (Wildman–Crippen MR) is 112 cm³/mol. The van der Waals surface area contributed by atoms with Crippen LogP contribution in [0.25, 0.3) is 11.0 Å². The van der Waals surface area contributed by atoms with Crippen LogP contribution in [0.4, 0.5) is 29.3 Å². The minimum atomic E-state index is -4.42. The number of urea groups is 1. The average Bonchev–Trinajstić information content (AvgIpc) is 3.22. The lowest BCUT2D eigenvalue weighted by atomic mass is 10.2. The molecule has 7 nitrogen and oxygen atoms in total. The van der Waals surface area contributed by atoms with Gasteiger partial charge in [0.1, 0.15) is 11.4 Å². The van der Waals surface area contributed by atoms with Crippen molar-refractivity contribution < 1.29 is 18.0 Å². The van der Waals surface area contributed by atoms with Gasteiger partial charge in [-0.1, -0.05) is 12.1 Å². The number of alkyl halides is 3. The van der Waals surface area contributed by atoms with Gasteiger partial charge >= 0.3 is 12.2 Å². The molecule has 2 heterocycles. The van der Waals surface area contributed by atoms with E-state index in [9.17, 15) is 18.0 Å². The summed E-state index contributed by atoms with van der Waals surface area (Å²) < 4.78 is 37.9. The number of benzene rings is 2. The second-order valence-corrected chi connectivity index (χ2v) is 7.42. The first kappa shape index (κ1) is 20.7. The zero-order valence-electron chi connectivity index (χ0n) is 15.8. The van der Waals surface area contributed by atoms with Crippen LogP contribution in [0.3, 0.4) is 0 Å². The molecular weight excluding hydrogens is 429 g/mol. The fraction of sp³-hybridized carbons (Fsp3) is 0.100. The van der Waals surface area contributed by atoms with Crippen molar-refractivity contribution in [2.75, 3.05) is 10.6 Å². The highest BCUT2D eigenvalue weighted by Gasteiger charge is 2.29. The maximum atomic E-state index is 12.6. The molecule has 3 N–H and O–H groups in total. The number of nitrogens with one attached hydrogen (secondary N) is 3. The lowest BCUT2D eigenvalue weighted by molar-refractivity contribution is -0.137. The summed E-state index contributed by atoms with van der Waals surface area (Å²) in [4.78, 5) is 20.6. The summed E-state index contributed by atoms with van der Waals surface area (Å²) in [5.74, 6) is 0.605. The van der Waals surface area contributed by atoms with Gasteiger partial charge in [-0.3, -0.25) is 5.10 Å². The van der Waals surface area contributed by atoms with Crippen LogP contribution in [-0.2, 0) is 11.9 Å². The first-order valence-electron chi connectivity index (χ1n) is 8.99. The lowest BCUT2D eigenvalue weighted by Gasteiger charge is -2.10. The summed E-state index contributed by atoms with van der Waals surface area (Å²) in [6.45, 7) is 0. The number of aromatic nitrogens is 4. The third-order valence-corrected chi connectivity index (χ3v) is 5.32. The fourth-order valence-electron chi connectivity index (χ4n) is 2.78. The minimum absolute atomic E-state index is 0.255.